The van der Waals surface area contributed by atoms with Crippen LogP contribution in [0.15, 0.2) is 0 Å². The predicted octanol–water partition coefficient (Wildman–Crippen LogP) is 2.59. The molecule has 4 fully saturated rings. The van der Waals surface area contributed by atoms with Gasteiger partial charge in [0, 0.05) is 11.8 Å². The summed E-state index contributed by atoms with van der Waals surface area (Å²) in [7, 11) is 0. The van der Waals surface area contributed by atoms with Crippen LogP contribution in [0.1, 0.15) is 44.9 Å². The largest absolute Gasteiger partial charge is 0.395 e. The number of hydrogen-bond donors (Lipinski definition) is 1. The molecule has 4 aliphatic carbocycles. The Morgan fingerprint density at radius 2 is 1.53 bits per heavy atom. The Balaban J connectivity index is 1.79. The van der Waals surface area contributed by atoms with Crippen LogP contribution in [0.4, 0.5) is 0 Å². The summed E-state index contributed by atoms with van der Waals surface area (Å²) in [5.41, 5.74) is 0.379. The fourth-order valence-electron chi connectivity index (χ4n) is 4.57. The van der Waals surface area contributed by atoms with Crippen molar-refractivity contribution in [3.8, 4) is 11.8 Å². The Hall–Kier alpha value is -0.480. The third-order valence-electron chi connectivity index (χ3n) is 4.63. The Kier molecular flexibility index (Phi) is 2.29. The lowest BCUT2D eigenvalue weighted by atomic mass is 9.50. The molecule has 0 aliphatic heterocycles. The van der Waals surface area contributed by atoms with Gasteiger partial charge in [-0.3, -0.25) is 0 Å². The molecule has 0 aromatic heterocycles. The van der Waals surface area contributed by atoms with Crippen LogP contribution >= 0.6 is 0 Å². The molecule has 4 aliphatic rings. The molecule has 1 N–H and O–H groups in total. The van der Waals surface area contributed by atoms with Gasteiger partial charge in [0.2, 0.25) is 0 Å². The second-order valence-electron chi connectivity index (χ2n) is 5.97. The van der Waals surface area contributed by atoms with Crippen LogP contribution in [-0.4, -0.2) is 11.7 Å². The van der Waals surface area contributed by atoms with Crippen molar-refractivity contribution >= 4 is 0 Å². The first-order valence-electron chi connectivity index (χ1n) is 6.40. The molecule has 4 saturated carbocycles. The minimum Gasteiger partial charge on any atom is -0.395 e. The molecular formula is C14H20O. The molecule has 0 aromatic rings. The summed E-state index contributed by atoms with van der Waals surface area (Å²) in [6, 6.07) is 0. The second-order valence-corrected chi connectivity index (χ2v) is 5.97. The average Bonchev–Trinajstić information content (AvgIpc) is 2.15. The van der Waals surface area contributed by atoms with E-state index in [-0.39, 0.29) is 6.61 Å². The predicted molar refractivity (Wildman–Crippen MR) is 60.1 cm³/mol. The maximum absolute atomic E-state index is 8.78. The van der Waals surface area contributed by atoms with Gasteiger partial charge in [-0.2, -0.15) is 0 Å². The van der Waals surface area contributed by atoms with Crippen LogP contribution in [0.5, 0.6) is 0 Å². The van der Waals surface area contributed by atoms with Gasteiger partial charge < -0.3 is 5.11 Å². The standard InChI is InChI=1S/C14H20O/c15-4-2-1-3-14-8-11-5-12(9-14)7-13(6-11)10-14/h11-13,15H,2,4-10H2. The summed E-state index contributed by atoms with van der Waals surface area (Å²) >= 11 is 0. The monoisotopic (exact) mass is 204 g/mol. The van der Waals surface area contributed by atoms with Gasteiger partial charge in [0.05, 0.1) is 6.61 Å². The minimum atomic E-state index is 0.222. The number of aliphatic hydroxyl groups excluding tert-OH is 1. The summed E-state index contributed by atoms with van der Waals surface area (Å²) in [6.45, 7) is 0.222. The van der Waals surface area contributed by atoms with Crippen molar-refractivity contribution in [3.63, 3.8) is 0 Å². The third kappa shape index (κ3) is 1.70. The molecule has 0 atom stereocenters. The smallest absolute Gasteiger partial charge is 0.0540 e. The quantitative estimate of drug-likeness (QED) is 0.651. The van der Waals surface area contributed by atoms with Crippen molar-refractivity contribution in [2.75, 3.05) is 6.61 Å². The van der Waals surface area contributed by atoms with E-state index in [4.69, 9.17) is 5.11 Å². The van der Waals surface area contributed by atoms with E-state index in [1.807, 2.05) is 0 Å². The molecule has 0 heterocycles. The van der Waals surface area contributed by atoms with Gasteiger partial charge in [-0.15, -0.1) is 5.92 Å². The van der Waals surface area contributed by atoms with Gasteiger partial charge in [-0.25, -0.2) is 0 Å². The molecule has 0 amide bonds. The molecule has 1 heteroatoms. The summed E-state index contributed by atoms with van der Waals surface area (Å²) in [5.74, 6) is 9.67. The summed E-state index contributed by atoms with van der Waals surface area (Å²) in [4.78, 5) is 0. The Morgan fingerprint density at radius 3 is 2.00 bits per heavy atom. The second kappa shape index (κ2) is 3.52. The number of aliphatic hydroxyl groups is 1. The maximum atomic E-state index is 8.78. The molecule has 4 rings (SSSR count). The molecule has 0 aromatic carbocycles. The Labute approximate surface area is 92.3 Å². The van der Waals surface area contributed by atoms with Crippen LogP contribution in [0.3, 0.4) is 0 Å². The summed E-state index contributed by atoms with van der Waals surface area (Å²) in [5, 5.41) is 8.78. The minimum absolute atomic E-state index is 0.222. The number of rotatable bonds is 1. The highest BCUT2D eigenvalue weighted by molar-refractivity contribution is 5.18. The van der Waals surface area contributed by atoms with Crippen molar-refractivity contribution in [2.24, 2.45) is 23.2 Å². The zero-order valence-electron chi connectivity index (χ0n) is 9.34. The van der Waals surface area contributed by atoms with Crippen molar-refractivity contribution < 1.29 is 5.11 Å². The molecule has 82 valence electrons. The van der Waals surface area contributed by atoms with Gasteiger partial charge >= 0.3 is 0 Å². The third-order valence-corrected chi connectivity index (χ3v) is 4.63. The van der Waals surface area contributed by atoms with Crippen LogP contribution < -0.4 is 0 Å². The maximum Gasteiger partial charge on any atom is 0.0540 e. The molecule has 0 spiro atoms. The van der Waals surface area contributed by atoms with Crippen molar-refractivity contribution in [2.45, 2.75) is 44.9 Å². The van der Waals surface area contributed by atoms with E-state index in [9.17, 15) is 0 Å². The van der Waals surface area contributed by atoms with Crippen molar-refractivity contribution in [3.05, 3.63) is 0 Å². The van der Waals surface area contributed by atoms with Gasteiger partial charge in [0.25, 0.3) is 0 Å². The first-order valence-corrected chi connectivity index (χ1v) is 6.40. The molecular weight excluding hydrogens is 184 g/mol. The van der Waals surface area contributed by atoms with Gasteiger partial charge in [0.15, 0.2) is 0 Å². The first-order chi connectivity index (χ1) is 7.30. The lowest BCUT2D eigenvalue weighted by Crippen LogP contribution is -2.45. The van der Waals surface area contributed by atoms with E-state index < -0.39 is 0 Å². The first kappa shape index (κ1) is 9.73. The highest BCUT2D eigenvalue weighted by Gasteiger charge is 2.50. The topological polar surface area (TPSA) is 20.2 Å². The van der Waals surface area contributed by atoms with E-state index in [1.165, 1.54) is 38.5 Å². The highest BCUT2D eigenvalue weighted by Crippen LogP contribution is 2.59. The lowest BCUT2D eigenvalue weighted by Gasteiger charge is -2.54. The molecule has 1 nitrogen and oxygen atoms in total. The summed E-state index contributed by atoms with van der Waals surface area (Å²) < 4.78 is 0. The molecule has 0 unspecified atom stereocenters. The van der Waals surface area contributed by atoms with Crippen LogP contribution in [0, 0.1) is 35.0 Å². The lowest BCUT2D eigenvalue weighted by molar-refractivity contribution is -0.0181. The fraction of sp³-hybridized carbons (Fsp3) is 0.857. The highest BCUT2D eigenvalue weighted by atomic mass is 16.2. The van der Waals surface area contributed by atoms with Crippen LogP contribution in [0.25, 0.3) is 0 Å². The Bertz CT molecular complexity index is 272. The van der Waals surface area contributed by atoms with Crippen molar-refractivity contribution in [1.29, 1.82) is 0 Å². The molecule has 0 saturated heterocycles. The average molecular weight is 204 g/mol. The normalized spacial score (nSPS) is 46.3. The van der Waals surface area contributed by atoms with E-state index in [2.05, 4.69) is 11.8 Å². The van der Waals surface area contributed by atoms with Crippen molar-refractivity contribution in [1.82, 2.24) is 0 Å². The molecule has 4 bridgehead atoms. The SMILES string of the molecule is OCCC#CC12CC3CC(CC(C3)C1)C2. The fourth-order valence-corrected chi connectivity index (χ4v) is 4.57. The van der Waals surface area contributed by atoms with Crippen LogP contribution in [-0.2, 0) is 0 Å². The molecule has 15 heavy (non-hydrogen) atoms. The van der Waals surface area contributed by atoms with E-state index in [0.29, 0.717) is 11.8 Å². The van der Waals surface area contributed by atoms with E-state index in [1.54, 1.807) is 0 Å². The zero-order chi connectivity index (χ0) is 10.3. The van der Waals surface area contributed by atoms with Gasteiger partial charge in [-0.05, 0) is 56.3 Å². The zero-order valence-corrected chi connectivity index (χ0v) is 9.34. The summed E-state index contributed by atoms with van der Waals surface area (Å²) in [6.07, 6.45) is 9.21. The van der Waals surface area contributed by atoms with E-state index >= 15 is 0 Å². The van der Waals surface area contributed by atoms with E-state index in [0.717, 1.165) is 17.8 Å². The number of hydrogen-bond acceptors (Lipinski definition) is 1. The van der Waals surface area contributed by atoms with Gasteiger partial charge in [0.1, 0.15) is 0 Å². The molecule has 0 radical (unpaired) electrons. The van der Waals surface area contributed by atoms with Crippen LogP contribution in [0.2, 0.25) is 0 Å². The Morgan fingerprint density at radius 1 is 1.00 bits per heavy atom. The van der Waals surface area contributed by atoms with Gasteiger partial charge in [-0.1, -0.05) is 5.92 Å².